The van der Waals surface area contributed by atoms with Crippen LogP contribution in [0, 0.1) is 0 Å². The fourth-order valence-corrected chi connectivity index (χ4v) is 2.36. The molecule has 0 saturated heterocycles. The van der Waals surface area contributed by atoms with Gasteiger partial charge in [-0.05, 0) is 19.8 Å². The summed E-state index contributed by atoms with van der Waals surface area (Å²) in [6, 6.07) is 0. The van der Waals surface area contributed by atoms with E-state index in [-0.39, 0.29) is 0 Å². The van der Waals surface area contributed by atoms with Crippen LogP contribution in [0.4, 0.5) is 5.82 Å². The SMILES string of the molecule is CCCCn1c(CCC)nc(-c2cnn(CC)c2)c1N. The number of hydrogen-bond acceptors (Lipinski definition) is 3. The summed E-state index contributed by atoms with van der Waals surface area (Å²) in [4.78, 5) is 4.75. The lowest BCUT2D eigenvalue weighted by Crippen LogP contribution is -2.07. The highest BCUT2D eigenvalue weighted by atomic mass is 15.3. The van der Waals surface area contributed by atoms with Crippen molar-refractivity contribution in [3.8, 4) is 11.3 Å². The van der Waals surface area contributed by atoms with Crippen LogP contribution < -0.4 is 5.73 Å². The van der Waals surface area contributed by atoms with E-state index in [1.165, 1.54) is 0 Å². The average molecular weight is 275 g/mol. The molecule has 2 aromatic heterocycles. The molecule has 0 bridgehead atoms. The van der Waals surface area contributed by atoms with Crippen LogP contribution in [0.25, 0.3) is 11.3 Å². The molecule has 2 aromatic rings. The quantitative estimate of drug-likeness (QED) is 0.844. The molecule has 0 atom stereocenters. The molecule has 0 aliphatic heterocycles. The zero-order valence-electron chi connectivity index (χ0n) is 12.8. The van der Waals surface area contributed by atoms with E-state index in [2.05, 4.69) is 30.4 Å². The van der Waals surface area contributed by atoms with Gasteiger partial charge in [0.25, 0.3) is 0 Å². The summed E-state index contributed by atoms with van der Waals surface area (Å²) < 4.78 is 4.07. The fourth-order valence-electron chi connectivity index (χ4n) is 2.36. The number of nitrogen functional groups attached to an aromatic ring is 1. The van der Waals surface area contributed by atoms with Crippen LogP contribution in [0.2, 0.25) is 0 Å². The lowest BCUT2D eigenvalue weighted by Gasteiger charge is -2.08. The molecule has 5 nitrogen and oxygen atoms in total. The molecule has 0 amide bonds. The van der Waals surface area contributed by atoms with E-state index in [0.717, 1.165) is 61.7 Å². The number of nitrogens with two attached hydrogens (primary N) is 1. The van der Waals surface area contributed by atoms with Crippen molar-refractivity contribution in [2.24, 2.45) is 0 Å². The van der Waals surface area contributed by atoms with Gasteiger partial charge in [0.1, 0.15) is 17.3 Å². The standard InChI is InChI=1S/C15H25N5/c1-4-7-9-20-13(8-5-2)18-14(15(20)16)12-10-17-19(6-3)11-12/h10-11H,4-9,16H2,1-3H3. The van der Waals surface area contributed by atoms with Gasteiger partial charge in [-0.15, -0.1) is 0 Å². The maximum Gasteiger partial charge on any atom is 0.131 e. The number of aryl methyl sites for hydroxylation is 2. The van der Waals surface area contributed by atoms with Gasteiger partial charge in [0, 0.05) is 31.3 Å². The topological polar surface area (TPSA) is 61.7 Å². The first kappa shape index (κ1) is 14.6. The van der Waals surface area contributed by atoms with Gasteiger partial charge in [-0.2, -0.15) is 5.10 Å². The van der Waals surface area contributed by atoms with E-state index >= 15 is 0 Å². The Morgan fingerprint density at radius 3 is 2.60 bits per heavy atom. The first-order chi connectivity index (χ1) is 9.71. The molecule has 2 N–H and O–H groups in total. The van der Waals surface area contributed by atoms with E-state index < -0.39 is 0 Å². The third-order valence-electron chi connectivity index (χ3n) is 3.53. The molecule has 0 saturated carbocycles. The lowest BCUT2D eigenvalue weighted by atomic mass is 10.2. The fraction of sp³-hybridized carbons (Fsp3) is 0.600. The van der Waals surface area contributed by atoms with Gasteiger partial charge in [-0.1, -0.05) is 20.3 Å². The molecule has 0 unspecified atom stereocenters. The molecule has 2 heterocycles. The highest BCUT2D eigenvalue weighted by Crippen LogP contribution is 2.27. The molecule has 0 aromatic carbocycles. The molecule has 0 aliphatic rings. The van der Waals surface area contributed by atoms with Crippen molar-refractivity contribution in [3.05, 3.63) is 18.2 Å². The normalized spacial score (nSPS) is 11.2. The number of imidazole rings is 1. The van der Waals surface area contributed by atoms with Crippen LogP contribution in [0.1, 0.15) is 45.9 Å². The smallest absolute Gasteiger partial charge is 0.131 e. The Labute approximate surface area is 120 Å². The number of nitrogens with zero attached hydrogens (tertiary/aromatic N) is 4. The van der Waals surface area contributed by atoms with Gasteiger partial charge in [-0.25, -0.2) is 4.98 Å². The van der Waals surface area contributed by atoms with Gasteiger partial charge >= 0.3 is 0 Å². The highest BCUT2D eigenvalue weighted by molar-refractivity contribution is 5.70. The summed E-state index contributed by atoms with van der Waals surface area (Å²) in [6.45, 7) is 8.25. The largest absolute Gasteiger partial charge is 0.383 e. The van der Waals surface area contributed by atoms with Crippen molar-refractivity contribution >= 4 is 5.82 Å². The predicted molar refractivity (Wildman–Crippen MR) is 82.4 cm³/mol. The first-order valence-corrected chi connectivity index (χ1v) is 7.58. The summed E-state index contributed by atoms with van der Waals surface area (Å²) in [7, 11) is 0. The third-order valence-corrected chi connectivity index (χ3v) is 3.53. The maximum atomic E-state index is 6.32. The van der Waals surface area contributed by atoms with Gasteiger partial charge in [-0.3, -0.25) is 4.68 Å². The summed E-state index contributed by atoms with van der Waals surface area (Å²) in [5.41, 5.74) is 8.21. The number of unbranched alkanes of at least 4 members (excludes halogenated alkanes) is 1. The monoisotopic (exact) mass is 275 g/mol. The second-order valence-corrected chi connectivity index (χ2v) is 5.10. The molecule has 0 spiro atoms. The minimum absolute atomic E-state index is 0.776. The summed E-state index contributed by atoms with van der Waals surface area (Å²) >= 11 is 0. The van der Waals surface area contributed by atoms with Crippen LogP contribution in [0.3, 0.4) is 0 Å². The van der Waals surface area contributed by atoms with Gasteiger partial charge < -0.3 is 10.3 Å². The van der Waals surface area contributed by atoms with Crippen molar-refractivity contribution in [3.63, 3.8) is 0 Å². The molecule has 0 aliphatic carbocycles. The summed E-state index contributed by atoms with van der Waals surface area (Å²) in [6.07, 6.45) is 8.20. The van der Waals surface area contributed by atoms with Crippen molar-refractivity contribution in [2.45, 2.75) is 59.5 Å². The summed E-state index contributed by atoms with van der Waals surface area (Å²) in [5, 5.41) is 4.31. The molecule has 2 rings (SSSR count). The highest BCUT2D eigenvalue weighted by Gasteiger charge is 2.16. The van der Waals surface area contributed by atoms with E-state index in [9.17, 15) is 0 Å². The molecule has 20 heavy (non-hydrogen) atoms. The Morgan fingerprint density at radius 1 is 1.20 bits per heavy atom. The van der Waals surface area contributed by atoms with Gasteiger partial charge in [0.15, 0.2) is 0 Å². The molecule has 0 radical (unpaired) electrons. The van der Waals surface area contributed by atoms with Crippen molar-refractivity contribution in [2.75, 3.05) is 5.73 Å². The lowest BCUT2D eigenvalue weighted by molar-refractivity contribution is 0.604. The van der Waals surface area contributed by atoms with Crippen molar-refractivity contribution < 1.29 is 0 Å². The molecule has 5 heteroatoms. The minimum atomic E-state index is 0.776. The zero-order valence-corrected chi connectivity index (χ0v) is 12.8. The molecule has 0 fully saturated rings. The van der Waals surface area contributed by atoms with Gasteiger partial charge in [0.2, 0.25) is 0 Å². The Hall–Kier alpha value is -1.78. The first-order valence-electron chi connectivity index (χ1n) is 7.58. The second kappa shape index (κ2) is 6.59. The summed E-state index contributed by atoms with van der Waals surface area (Å²) in [5.74, 6) is 1.87. The number of hydrogen-bond donors (Lipinski definition) is 1. The number of aromatic nitrogens is 4. The second-order valence-electron chi connectivity index (χ2n) is 5.10. The van der Waals surface area contributed by atoms with Crippen molar-refractivity contribution in [1.82, 2.24) is 19.3 Å². The van der Waals surface area contributed by atoms with E-state index in [1.54, 1.807) is 0 Å². The molecule has 110 valence electrons. The van der Waals surface area contributed by atoms with Crippen LogP contribution >= 0.6 is 0 Å². The molecular weight excluding hydrogens is 250 g/mol. The van der Waals surface area contributed by atoms with Crippen LogP contribution in [-0.4, -0.2) is 19.3 Å². The number of rotatable bonds is 7. The minimum Gasteiger partial charge on any atom is -0.383 e. The third kappa shape index (κ3) is 2.86. The van der Waals surface area contributed by atoms with Gasteiger partial charge in [0.05, 0.1) is 6.20 Å². The predicted octanol–water partition coefficient (Wildman–Crippen LogP) is 3.10. The number of anilines is 1. The zero-order chi connectivity index (χ0) is 14.5. The Bertz CT molecular complexity index is 553. The van der Waals surface area contributed by atoms with E-state index in [0.29, 0.717) is 0 Å². The van der Waals surface area contributed by atoms with Crippen molar-refractivity contribution in [1.29, 1.82) is 0 Å². The Kier molecular flexibility index (Phi) is 4.82. The van der Waals surface area contributed by atoms with E-state index in [4.69, 9.17) is 10.7 Å². The van der Waals surface area contributed by atoms with Crippen LogP contribution in [0.15, 0.2) is 12.4 Å². The molecular formula is C15H25N5. The Morgan fingerprint density at radius 2 is 2.00 bits per heavy atom. The van der Waals surface area contributed by atoms with Crippen LogP contribution in [-0.2, 0) is 19.5 Å². The van der Waals surface area contributed by atoms with E-state index in [1.807, 2.05) is 17.1 Å². The van der Waals surface area contributed by atoms with Crippen LogP contribution in [0.5, 0.6) is 0 Å². The Balaban J connectivity index is 2.37. The maximum absolute atomic E-state index is 6.32. The average Bonchev–Trinajstić information content (AvgIpc) is 3.03.